The van der Waals surface area contributed by atoms with Crippen molar-refractivity contribution in [2.45, 2.75) is 50.9 Å². The van der Waals surface area contributed by atoms with Crippen molar-refractivity contribution in [2.75, 3.05) is 13.1 Å². The highest BCUT2D eigenvalue weighted by Gasteiger charge is 2.54. The highest BCUT2D eigenvalue weighted by molar-refractivity contribution is 6.30. The first-order valence-electron chi connectivity index (χ1n) is 13.0. The number of carbonyl (C=O) groups is 1. The van der Waals surface area contributed by atoms with Crippen LogP contribution in [-0.2, 0) is 12.1 Å². The predicted octanol–water partition coefficient (Wildman–Crippen LogP) is 6.00. The lowest BCUT2D eigenvalue weighted by atomic mass is 9.86. The molecule has 2 aliphatic heterocycles. The molecule has 2 fully saturated rings. The van der Waals surface area contributed by atoms with E-state index in [9.17, 15) is 4.79 Å². The van der Waals surface area contributed by atoms with Crippen LogP contribution in [0.1, 0.15) is 37.9 Å². The number of hydrogen-bond donors (Lipinski definition) is 1. The van der Waals surface area contributed by atoms with E-state index in [1.54, 1.807) is 6.20 Å². The van der Waals surface area contributed by atoms with E-state index in [1.807, 2.05) is 62.5 Å². The third-order valence-corrected chi connectivity index (χ3v) is 8.18. The maximum Gasteiger partial charge on any atom is 0.318 e. The van der Waals surface area contributed by atoms with Gasteiger partial charge >= 0.3 is 6.03 Å². The second-order valence-electron chi connectivity index (χ2n) is 10.6. The number of likely N-dealkylation sites (tertiary alicyclic amines) is 1. The van der Waals surface area contributed by atoms with Gasteiger partial charge in [-0.3, -0.25) is 9.30 Å². The van der Waals surface area contributed by atoms with Gasteiger partial charge in [-0.05, 0) is 62.6 Å². The number of urea groups is 1. The predicted molar refractivity (Wildman–Crippen MR) is 150 cm³/mol. The second-order valence-corrected chi connectivity index (χ2v) is 11.5. The van der Waals surface area contributed by atoms with Crippen LogP contribution < -0.4 is 5.32 Å². The van der Waals surface area contributed by atoms with Gasteiger partial charge in [0.05, 0.1) is 16.9 Å². The molecule has 2 aromatic heterocycles. The minimum Gasteiger partial charge on any atom is -0.336 e. The molecule has 0 aliphatic carbocycles. The number of benzene rings is 2. The van der Waals surface area contributed by atoms with E-state index in [0.717, 1.165) is 41.9 Å². The summed E-state index contributed by atoms with van der Waals surface area (Å²) in [5.74, 6) is 0.665. The van der Waals surface area contributed by atoms with Gasteiger partial charge < -0.3 is 10.2 Å². The first-order valence-corrected chi connectivity index (χ1v) is 13.8. The van der Waals surface area contributed by atoms with Crippen molar-refractivity contribution in [3.63, 3.8) is 0 Å². The Morgan fingerprint density at radius 3 is 2.53 bits per heavy atom. The number of aromatic nitrogens is 3. The molecule has 7 nitrogen and oxygen atoms in total. The molecule has 38 heavy (non-hydrogen) atoms. The van der Waals surface area contributed by atoms with E-state index in [4.69, 9.17) is 28.2 Å². The van der Waals surface area contributed by atoms with Crippen LogP contribution in [0.2, 0.25) is 10.0 Å². The number of nitrogens with zero attached hydrogens (tertiary/aromatic N) is 5. The minimum absolute atomic E-state index is 0.00189. The summed E-state index contributed by atoms with van der Waals surface area (Å²) < 4.78 is 2.07. The number of fused-ring (bicyclic) bond motifs is 3. The molecule has 6 rings (SSSR count). The number of imidazole rings is 1. The average molecular weight is 550 g/mol. The van der Waals surface area contributed by atoms with Crippen molar-refractivity contribution in [3.8, 4) is 11.3 Å². The molecular weight excluding hydrogens is 519 g/mol. The summed E-state index contributed by atoms with van der Waals surface area (Å²) in [6, 6.07) is 17.9. The summed E-state index contributed by atoms with van der Waals surface area (Å²) >= 11 is 12.4. The summed E-state index contributed by atoms with van der Waals surface area (Å²) in [7, 11) is 0. The van der Waals surface area contributed by atoms with Crippen LogP contribution in [0.3, 0.4) is 0 Å². The second kappa shape index (κ2) is 9.88. The van der Waals surface area contributed by atoms with Crippen molar-refractivity contribution in [1.29, 1.82) is 0 Å². The van der Waals surface area contributed by atoms with Crippen LogP contribution >= 0.6 is 23.2 Å². The molecule has 4 heterocycles. The van der Waals surface area contributed by atoms with Crippen LogP contribution in [0, 0.1) is 0 Å². The maximum atomic E-state index is 13.5. The van der Waals surface area contributed by atoms with Gasteiger partial charge in [0.15, 0.2) is 0 Å². The number of piperazine rings is 1. The molecule has 1 N–H and O–H groups in total. The van der Waals surface area contributed by atoms with E-state index >= 15 is 0 Å². The zero-order chi connectivity index (χ0) is 26.4. The number of nitrogens with one attached hydrogen (secondary N) is 1. The normalized spacial score (nSPS) is 21.4. The number of halogens is 2. The van der Waals surface area contributed by atoms with Crippen LogP contribution in [0.5, 0.6) is 0 Å². The van der Waals surface area contributed by atoms with Crippen molar-refractivity contribution in [2.24, 2.45) is 0 Å². The molecule has 0 spiro atoms. The Morgan fingerprint density at radius 2 is 1.82 bits per heavy atom. The van der Waals surface area contributed by atoms with Crippen molar-refractivity contribution in [1.82, 2.24) is 29.5 Å². The fourth-order valence-electron chi connectivity index (χ4n) is 6.13. The van der Waals surface area contributed by atoms with Gasteiger partial charge in [-0.15, -0.1) is 0 Å². The molecule has 2 unspecified atom stereocenters. The van der Waals surface area contributed by atoms with E-state index in [0.29, 0.717) is 28.9 Å². The van der Waals surface area contributed by atoms with Crippen LogP contribution in [-0.4, -0.2) is 55.4 Å². The molecule has 196 valence electrons. The van der Waals surface area contributed by atoms with E-state index in [2.05, 4.69) is 36.6 Å². The van der Waals surface area contributed by atoms with Crippen LogP contribution in [0.15, 0.2) is 67.0 Å². The van der Waals surface area contributed by atoms with Gasteiger partial charge in [0.25, 0.3) is 0 Å². The van der Waals surface area contributed by atoms with Crippen molar-refractivity contribution < 1.29 is 4.79 Å². The Hall–Kier alpha value is -3.13. The van der Waals surface area contributed by atoms with E-state index in [1.165, 1.54) is 0 Å². The first kappa shape index (κ1) is 25.2. The Balaban J connectivity index is 1.39. The molecule has 2 bridgehead atoms. The summed E-state index contributed by atoms with van der Waals surface area (Å²) in [5.41, 5.74) is 3.64. The molecule has 2 amide bonds. The maximum absolute atomic E-state index is 13.5. The molecule has 9 heteroatoms. The van der Waals surface area contributed by atoms with Gasteiger partial charge in [-0.2, -0.15) is 0 Å². The van der Waals surface area contributed by atoms with Crippen molar-refractivity contribution in [3.05, 3.63) is 88.3 Å². The van der Waals surface area contributed by atoms with Crippen LogP contribution in [0.25, 0.3) is 17.0 Å². The first-order chi connectivity index (χ1) is 18.3. The Kier molecular flexibility index (Phi) is 6.54. The van der Waals surface area contributed by atoms with Gasteiger partial charge in [0.1, 0.15) is 0 Å². The molecule has 0 radical (unpaired) electrons. The number of hydrogen-bond acceptors (Lipinski definition) is 4. The van der Waals surface area contributed by atoms with Gasteiger partial charge in [0.2, 0.25) is 5.78 Å². The highest BCUT2D eigenvalue weighted by Crippen LogP contribution is 2.47. The third kappa shape index (κ3) is 4.42. The van der Waals surface area contributed by atoms with Gasteiger partial charge in [0, 0.05) is 59.7 Å². The number of carbonyl (C=O) groups excluding carboxylic acids is 1. The fourth-order valence-corrected chi connectivity index (χ4v) is 6.39. The summed E-state index contributed by atoms with van der Waals surface area (Å²) in [6.45, 7) is 6.18. The van der Waals surface area contributed by atoms with E-state index in [-0.39, 0.29) is 18.1 Å². The minimum atomic E-state index is -0.439. The molecule has 2 saturated heterocycles. The zero-order valence-electron chi connectivity index (χ0n) is 21.4. The largest absolute Gasteiger partial charge is 0.336 e. The summed E-state index contributed by atoms with van der Waals surface area (Å²) in [4.78, 5) is 27.5. The third-order valence-electron chi connectivity index (χ3n) is 7.68. The summed E-state index contributed by atoms with van der Waals surface area (Å²) in [5, 5.41) is 4.53. The van der Waals surface area contributed by atoms with E-state index < -0.39 is 5.54 Å². The smallest absolute Gasteiger partial charge is 0.318 e. The lowest BCUT2D eigenvalue weighted by molar-refractivity contribution is 0.0211. The number of rotatable bonds is 5. The van der Waals surface area contributed by atoms with Crippen molar-refractivity contribution >= 4 is 35.0 Å². The Morgan fingerprint density at radius 1 is 1.11 bits per heavy atom. The Labute approximate surface area is 232 Å². The quantitative estimate of drug-likeness (QED) is 0.332. The highest BCUT2D eigenvalue weighted by atomic mass is 35.5. The SMILES string of the molecule is CC(C)NC(=O)N1C2CCC1(c1ccc(Cl)cc1)CN(Cc1c(-c3ccc(Cl)cc3)nc3ncccn13)C2. The molecule has 2 aliphatic rings. The van der Waals surface area contributed by atoms with Gasteiger partial charge in [-0.1, -0.05) is 47.5 Å². The molecule has 2 atom stereocenters. The molecule has 0 saturated carbocycles. The standard InChI is InChI=1S/C29H30Cl2N6O/c1-19(2)33-28(38)37-24-12-13-29(37,21-6-10-23(31)11-7-21)18-35(16-24)17-25-26(20-4-8-22(30)9-5-20)34-27-32-14-3-15-36(25)27/h3-11,14-15,19,24H,12-13,16-18H2,1-2H3,(H,33,38). The Bertz CT molecular complexity index is 1470. The lowest BCUT2D eigenvalue weighted by Crippen LogP contribution is -2.63. The topological polar surface area (TPSA) is 65.8 Å². The average Bonchev–Trinajstić information content (AvgIpc) is 3.37. The fraction of sp³-hybridized carbons (Fsp3) is 0.345. The molecular formula is C29H30Cl2N6O. The van der Waals surface area contributed by atoms with Gasteiger partial charge in [-0.25, -0.2) is 14.8 Å². The monoisotopic (exact) mass is 548 g/mol. The number of amides is 2. The van der Waals surface area contributed by atoms with Crippen LogP contribution in [0.4, 0.5) is 4.79 Å². The molecule has 4 aromatic rings. The summed E-state index contributed by atoms with van der Waals surface area (Å²) in [6.07, 6.45) is 5.63. The molecule has 2 aromatic carbocycles. The lowest BCUT2D eigenvalue weighted by Gasteiger charge is -2.49. The zero-order valence-corrected chi connectivity index (χ0v) is 23.0.